The molecular weight excluding hydrogens is 378 g/mol. The zero-order valence-electron chi connectivity index (χ0n) is 16.6. The van der Waals surface area contributed by atoms with Gasteiger partial charge in [0.05, 0.1) is 32.9 Å². The molecule has 1 N–H and O–H groups in total. The van der Waals surface area contributed by atoms with E-state index in [0.717, 1.165) is 5.56 Å². The molecule has 2 unspecified atom stereocenters. The molecule has 0 radical (unpaired) electrons. The number of thioether (sulfide) groups is 1. The molecule has 2 aromatic carbocycles. The van der Waals surface area contributed by atoms with Gasteiger partial charge in [-0.15, -0.1) is 11.8 Å². The van der Waals surface area contributed by atoms with Crippen molar-refractivity contribution in [2.75, 3.05) is 21.3 Å². The minimum atomic E-state index is -0.421. The molecule has 0 spiro atoms. The first kappa shape index (κ1) is 21.6. The molecule has 28 heavy (non-hydrogen) atoms. The number of carbonyl (C=O) groups is 2. The van der Waals surface area contributed by atoms with Gasteiger partial charge in [-0.25, -0.2) is 0 Å². The summed E-state index contributed by atoms with van der Waals surface area (Å²) in [6, 6.07) is 12.3. The smallest absolute Gasteiger partial charge is 0.318 e. The Balaban J connectivity index is 2.23. The van der Waals surface area contributed by atoms with Gasteiger partial charge in [0.25, 0.3) is 5.91 Å². The van der Waals surface area contributed by atoms with E-state index in [0.29, 0.717) is 22.0 Å². The molecule has 0 aromatic heterocycles. The third-order valence-corrected chi connectivity index (χ3v) is 5.38. The van der Waals surface area contributed by atoms with Crippen molar-refractivity contribution in [2.24, 2.45) is 0 Å². The first-order chi connectivity index (χ1) is 13.4. The van der Waals surface area contributed by atoms with E-state index in [1.807, 2.05) is 25.1 Å². The van der Waals surface area contributed by atoms with Gasteiger partial charge in [0.1, 0.15) is 16.7 Å². The van der Waals surface area contributed by atoms with E-state index in [4.69, 9.17) is 14.2 Å². The highest BCUT2D eigenvalue weighted by Crippen LogP contribution is 2.31. The van der Waals surface area contributed by atoms with E-state index >= 15 is 0 Å². The Morgan fingerprint density at radius 2 is 1.71 bits per heavy atom. The number of benzene rings is 2. The van der Waals surface area contributed by atoms with Crippen LogP contribution in [0, 0.1) is 0 Å². The standard InChI is InChI=1S/C21H25NO5S/c1-13(17-12-15(25-3)10-11-18(17)26-4)22-20(23)16-8-6-7-9-19(16)28-14(2)21(24)27-5/h6-14H,1-5H3,(H,22,23). The number of ether oxygens (including phenoxy) is 3. The van der Waals surface area contributed by atoms with Crippen LogP contribution in [0.1, 0.15) is 35.8 Å². The quantitative estimate of drug-likeness (QED) is 0.533. The van der Waals surface area contributed by atoms with Gasteiger partial charge in [0.2, 0.25) is 0 Å². The molecule has 0 bridgehead atoms. The molecule has 0 heterocycles. The molecule has 2 atom stereocenters. The maximum absolute atomic E-state index is 12.9. The number of methoxy groups -OCH3 is 3. The summed E-state index contributed by atoms with van der Waals surface area (Å²) in [6.07, 6.45) is 0. The Bertz CT molecular complexity index is 839. The molecule has 2 aromatic rings. The highest BCUT2D eigenvalue weighted by atomic mass is 32.2. The second kappa shape index (κ2) is 10.0. The minimum absolute atomic E-state index is 0.238. The second-order valence-electron chi connectivity index (χ2n) is 6.08. The highest BCUT2D eigenvalue weighted by Gasteiger charge is 2.21. The monoisotopic (exact) mass is 403 g/mol. The number of carbonyl (C=O) groups excluding carboxylic acids is 2. The van der Waals surface area contributed by atoms with Crippen LogP contribution in [0.4, 0.5) is 0 Å². The SMILES string of the molecule is COC(=O)C(C)Sc1ccccc1C(=O)NC(C)c1cc(OC)ccc1OC. The lowest BCUT2D eigenvalue weighted by Gasteiger charge is -2.19. The molecule has 0 fully saturated rings. The van der Waals surface area contributed by atoms with Crippen molar-refractivity contribution in [1.82, 2.24) is 5.32 Å². The second-order valence-corrected chi connectivity index (χ2v) is 7.47. The van der Waals surface area contributed by atoms with Crippen molar-refractivity contribution in [3.8, 4) is 11.5 Å². The van der Waals surface area contributed by atoms with Crippen LogP contribution in [-0.2, 0) is 9.53 Å². The van der Waals surface area contributed by atoms with Crippen LogP contribution < -0.4 is 14.8 Å². The lowest BCUT2D eigenvalue weighted by Crippen LogP contribution is -2.27. The van der Waals surface area contributed by atoms with E-state index in [9.17, 15) is 9.59 Å². The summed E-state index contributed by atoms with van der Waals surface area (Å²) in [7, 11) is 4.52. The number of nitrogens with one attached hydrogen (secondary N) is 1. The van der Waals surface area contributed by atoms with Crippen LogP contribution >= 0.6 is 11.8 Å². The van der Waals surface area contributed by atoms with E-state index < -0.39 is 5.25 Å². The van der Waals surface area contributed by atoms with E-state index in [-0.39, 0.29) is 17.9 Å². The Morgan fingerprint density at radius 1 is 1.00 bits per heavy atom. The Kier molecular flexibility index (Phi) is 7.75. The summed E-state index contributed by atoms with van der Waals surface area (Å²) in [6.45, 7) is 3.62. The lowest BCUT2D eigenvalue weighted by molar-refractivity contribution is -0.139. The Hall–Kier alpha value is -2.67. The highest BCUT2D eigenvalue weighted by molar-refractivity contribution is 8.00. The van der Waals surface area contributed by atoms with Crippen molar-refractivity contribution < 1.29 is 23.8 Å². The molecule has 2 rings (SSSR count). The molecule has 6 nitrogen and oxygen atoms in total. The summed E-state index contributed by atoms with van der Waals surface area (Å²) in [5.41, 5.74) is 1.31. The lowest BCUT2D eigenvalue weighted by atomic mass is 10.1. The normalized spacial score (nSPS) is 12.6. The van der Waals surface area contributed by atoms with Crippen LogP contribution in [0.25, 0.3) is 0 Å². The summed E-state index contributed by atoms with van der Waals surface area (Å²) < 4.78 is 15.4. The minimum Gasteiger partial charge on any atom is -0.497 e. The van der Waals surface area contributed by atoms with Gasteiger partial charge in [0.15, 0.2) is 0 Å². The van der Waals surface area contributed by atoms with Gasteiger partial charge in [-0.1, -0.05) is 12.1 Å². The van der Waals surface area contributed by atoms with Gasteiger partial charge in [-0.05, 0) is 44.2 Å². The average molecular weight is 404 g/mol. The van der Waals surface area contributed by atoms with Crippen molar-refractivity contribution in [2.45, 2.75) is 30.0 Å². The fraction of sp³-hybridized carbons (Fsp3) is 0.333. The van der Waals surface area contributed by atoms with Gasteiger partial charge in [-0.2, -0.15) is 0 Å². The number of esters is 1. The summed E-state index contributed by atoms with van der Waals surface area (Å²) in [5.74, 6) is 0.766. The van der Waals surface area contributed by atoms with Gasteiger partial charge < -0.3 is 19.5 Å². The van der Waals surface area contributed by atoms with E-state index in [1.165, 1.54) is 18.9 Å². The van der Waals surface area contributed by atoms with Crippen molar-refractivity contribution >= 4 is 23.6 Å². The predicted octanol–water partition coefficient (Wildman–Crippen LogP) is 3.85. The summed E-state index contributed by atoms with van der Waals surface area (Å²) in [4.78, 5) is 25.3. The van der Waals surface area contributed by atoms with Crippen molar-refractivity contribution in [3.05, 3.63) is 53.6 Å². The first-order valence-electron chi connectivity index (χ1n) is 8.77. The fourth-order valence-corrected chi connectivity index (χ4v) is 3.71. The largest absolute Gasteiger partial charge is 0.497 e. The van der Waals surface area contributed by atoms with E-state index in [2.05, 4.69) is 5.32 Å². The first-order valence-corrected chi connectivity index (χ1v) is 9.65. The number of hydrogen-bond donors (Lipinski definition) is 1. The van der Waals surface area contributed by atoms with Gasteiger partial charge in [0, 0.05) is 10.5 Å². The molecule has 7 heteroatoms. The van der Waals surface area contributed by atoms with Gasteiger partial charge in [-0.3, -0.25) is 9.59 Å². The number of amides is 1. The molecule has 0 aliphatic rings. The molecule has 0 saturated heterocycles. The van der Waals surface area contributed by atoms with Crippen molar-refractivity contribution in [3.63, 3.8) is 0 Å². The zero-order valence-corrected chi connectivity index (χ0v) is 17.5. The van der Waals surface area contributed by atoms with Crippen LogP contribution in [0.2, 0.25) is 0 Å². The molecular formula is C21H25NO5S. The fourth-order valence-electron chi connectivity index (χ4n) is 2.69. The third kappa shape index (κ3) is 5.19. The van der Waals surface area contributed by atoms with Crippen LogP contribution in [0.3, 0.4) is 0 Å². The molecule has 0 saturated carbocycles. The maximum Gasteiger partial charge on any atom is 0.318 e. The third-order valence-electron chi connectivity index (χ3n) is 4.22. The summed E-state index contributed by atoms with van der Waals surface area (Å²) >= 11 is 1.29. The van der Waals surface area contributed by atoms with E-state index in [1.54, 1.807) is 45.4 Å². The number of rotatable bonds is 8. The predicted molar refractivity (Wildman–Crippen MR) is 109 cm³/mol. The Labute approximate surface area is 169 Å². The molecule has 150 valence electrons. The molecule has 0 aliphatic heterocycles. The molecule has 0 aliphatic carbocycles. The summed E-state index contributed by atoms with van der Waals surface area (Å²) in [5, 5.41) is 2.57. The Morgan fingerprint density at radius 3 is 2.36 bits per heavy atom. The zero-order chi connectivity index (χ0) is 20.7. The van der Waals surface area contributed by atoms with Crippen LogP contribution in [0.15, 0.2) is 47.4 Å². The maximum atomic E-state index is 12.9. The average Bonchev–Trinajstić information content (AvgIpc) is 2.72. The molecule has 1 amide bonds. The number of hydrogen-bond acceptors (Lipinski definition) is 6. The van der Waals surface area contributed by atoms with Crippen LogP contribution in [0.5, 0.6) is 11.5 Å². The topological polar surface area (TPSA) is 73.9 Å². The van der Waals surface area contributed by atoms with Gasteiger partial charge >= 0.3 is 5.97 Å². The van der Waals surface area contributed by atoms with Crippen LogP contribution in [-0.4, -0.2) is 38.5 Å². The van der Waals surface area contributed by atoms with Crippen molar-refractivity contribution in [1.29, 1.82) is 0 Å².